The van der Waals surface area contributed by atoms with Gasteiger partial charge in [0.1, 0.15) is 5.75 Å². The first kappa shape index (κ1) is 26.3. The SMILES string of the molecule is COc1ccc2nc(CC[C@@H](C)[C@H]3CC[C@H]4[C@H]5C(CC[C@]34C)[C@@]3(C)CC[C@@H](O)C[C@H]3C[C@@H]5O)oc(=O)c2c1. The van der Waals surface area contributed by atoms with E-state index in [4.69, 9.17) is 9.15 Å². The predicted octanol–water partition coefficient (Wildman–Crippen LogP) is 5.76. The van der Waals surface area contributed by atoms with Gasteiger partial charge < -0.3 is 19.4 Å². The molecule has 0 aliphatic heterocycles. The zero-order valence-electron chi connectivity index (χ0n) is 23.5. The number of hydrogen-bond acceptors (Lipinski definition) is 6. The number of aryl methyl sites for hydroxylation is 1. The maximum atomic E-state index is 12.6. The third kappa shape index (κ3) is 4.13. The molecule has 0 amide bonds. The van der Waals surface area contributed by atoms with Crippen molar-refractivity contribution < 1.29 is 19.4 Å². The Balaban J connectivity index is 1.17. The summed E-state index contributed by atoms with van der Waals surface area (Å²) < 4.78 is 10.9. The fourth-order valence-electron chi connectivity index (χ4n) is 10.1. The van der Waals surface area contributed by atoms with Crippen molar-refractivity contribution in [2.75, 3.05) is 7.11 Å². The molecule has 0 spiro atoms. The van der Waals surface area contributed by atoms with Crippen molar-refractivity contribution in [3.8, 4) is 5.75 Å². The number of ether oxygens (including phenoxy) is 1. The molecule has 208 valence electrons. The van der Waals surface area contributed by atoms with Crippen molar-refractivity contribution in [2.24, 2.45) is 46.3 Å². The molecule has 6 nitrogen and oxygen atoms in total. The van der Waals surface area contributed by atoms with E-state index in [2.05, 4.69) is 25.8 Å². The highest BCUT2D eigenvalue weighted by atomic mass is 16.5. The fraction of sp³-hybridized carbons (Fsp3) is 0.750. The van der Waals surface area contributed by atoms with Crippen LogP contribution < -0.4 is 10.4 Å². The second-order valence-electron chi connectivity index (χ2n) is 13.7. The standard InChI is InChI=1S/C32H45NO5/c1-18(5-10-28-33-26-9-6-21(37-4)17-22(26)30(36)38-28)23-7-8-24-29-25(12-14-32(23,24)3)31(2)13-11-20(34)15-19(31)16-27(29)35/h6,9,17-20,23-25,27,29,34-35H,5,7-8,10-16H2,1-4H3/t18-,19+,20-,23-,24+,25?,27+,29+,31+,32-/m1/s1. The van der Waals surface area contributed by atoms with Gasteiger partial charge >= 0.3 is 5.63 Å². The second kappa shape index (κ2) is 9.62. The number of methoxy groups -OCH3 is 1. The number of aliphatic hydroxyl groups excluding tert-OH is 2. The number of aliphatic hydroxyl groups is 2. The molecule has 1 aromatic heterocycles. The van der Waals surface area contributed by atoms with E-state index in [9.17, 15) is 15.0 Å². The van der Waals surface area contributed by atoms with E-state index in [1.807, 2.05) is 12.1 Å². The largest absolute Gasteiger partial charge is 0.497 e. The molecular formula is C32H45NO5. The van der Waals surface area contributed by atoms with Gasteiger partial charge in [0.05, 0.1) is 30.2 Å². The van der Waals surface area contributed by atoms with Gasteiger partial charge in [0, 0.05) is 6.42 Å². The van der Waals surface area contributed by atoms with Gasteiger partial charge in [-0.05, 0) is 122 Å². The van der Waals surface area contributed by atoms with Crippen LogP contribution in [0, 0.1) is 46.3 Å². The van der Waals surface area contributed by atoms with E-state index in [-0.39, 0.29) is 28.7 Å². The number of benzene rings is 1. The summed E-state index contributed by atoms with van der Waals surface area (Å²) in [6.45, 7) is 7.35. The molecule has 6 rings (SSSR count). The molecule has 0 radical (unpaired) electrons. The Morgan fingerprint density at radius 1 is 1.08 bits per heavy atom. The van der Waals surface area contributed by atoms with Crippen molar-refractivity contribution >= 4 is 10.9 Å². The van der Waals surface area contributed by atoms with Crippen LogP contribution in [0.1, 0.15) is 84.4 Å². The Hall–Kier alpha value is -1.92. The van der Waals surface area contributed by atoms with Crippen molar-refractivity contribution in [1.29, 1.82) is 0 Å². The molecule has 1 heterocycles. The van der Waals surface area contributed by atoms with E-state index >= 15 is 0 Å². The Morgan fingerprint density at radius 2 is 1.84 bits per heavy atom. The van der Waals surface area contributed by atoms with Gasteiger partial charge in [-0.25, -0.2) is 9.78 Å². The minimum absolute atomic E-state index is 0.188. The van der Waals surface area contributed by atoms with Crippen LogP contribution >= 0.6 is 0 Å². The molecule has 2 N–H and O–H groups in total. The zero-order chi connectivity index (χ0) is 26.8. The molecule has 4 saturated carbocycles. The molecule has 4 aliphatic rings. The molecule has 4 aliphatic carbocycles. The molecule has 2 aromatic rings. The smallest absolute Gasteiger partial charge is 0.346 e. The first-order chi connectivity index (χ1) is 18.1. The molecule has 1 aromatic carbocycles. The summed E-state index contributed by atoms with van der Waals surface area (Å²) in [4.78, 5) is 17.3. The van der Waals surface area contributed by atoms with Crippen molar-refractivity contribution in [3.63, 3.8) is 0 Å². The lowest BCUT2D eigenvalue weighted by atomic mass is 9.43. The molecule has 6 heteroatoms. The van der Waals surface area contributed by atoms with E-state index in [1.165, 1.54) is 25.7 Å². The summed E-state index contributed by atoms with van der Waals surface area (Å²) in [6, 6.07) is 5.34. The van der Waals surface area contributed by atoms with Gasteiger partial charge in [-0.2, -0.15) is 0 Å². The fourth-order valence-corrected chi connectivity index (χ4v) is 10.1. The summed E-state index contributed by atoms with van der Waals surface area (Å²) in [5, 5.41) is 22.3. The van der Waals surface area contributed by atoms with E-state index in [0.29, 0.717) is 64.5 Å². The van der Waals surface area contributed by atoms with Crippen LogP contribution in [-0.2, 0) is 6.42 Å². The Labute approximate surface area is 226 Å². The van der Waals surface area contributed by atoms with Gasteiger partial charge in [-0.1, -0.05) is 20.8 Å². The highest BCUT2D eigenvalue weighted by molar-refractivity contribution is 5.78. The lowest BCUT2D eigenvalue weighted by Crippen LogP contribution is -2.58. The lowest BCUT2D eigenvalue weighted by molar-refractivity contribution is -0.174. The summed E-state index contributed by atoms with van der Waals surface area (Å²) in [5.74, 6) is 4.23. The van der Waals surface area contributed by atoms with E-state index < -0.39 is 0 Å². The maximum Gasteiger partial charge on any atom is 0.346 e. The predicted molar refractivity (Wildman–Crippen MR) is 147 cm³/mol. The Kier molecular flexibility index (Phi) is 6.66. The van der Waals surface area contributed by atoms with Crippen molar-refractivity contribution in [1.82, 2.24) is 4.98 Å². The number of rotatable bonds is 5. The molecule has 1 unspecified atom stereocenters. The Morgan fingerprint density at radius 3 is 2.63 bits per heavy atom. The average molecular weight is 524 g/mol. The minimum atomic E-state index is -0.351. The first-order valence-electron chi connectivity index (χ1n) is 15.0. The second-order valence-corrected chi connectivity index (χ2v) is 13.7. The van der Waals surface area contributed by atoms with Crippen molar-refractivity contribution in [3.05, 3.63) is 34.5 Å². The van der Waals surface area contributed by atoms with Gasteiger partial charge in [-0.3, -0.25) is 0 Å². The van der Waals surface area contributed by atoms with Crippen LogP contribution in [0.4, 0.5) is 0 Å². The Bertz CT molecular complexity index is 1240. The average Bonchev–Trinajstić information content (AvgIpc) is 3.25. The highest BCUT2D eigenvalue weighted by Gasteiger charge is 2.62. The van der Waals surface area contributed by atoms with Gasteiger partial charge in [-0.15, -0.1) is 0 Å². The van der Waals surface area contributed by atoms with Crippen LogP contribution in [0.15, 0.2) is 27.4 Å². The van der Waals surface area contributed by atoms with Gasteiger partial charge in [0.15, 0.2) is 5.89 Å². The first-order valence-corrected chi connectivity index (χ1v) is 15.0. The lowest BCUT2D eigenvalue weighted by Gasteiger charge is -2.62. The third-order valence-corrected chi connectivity index (χ3v) is 12.1. The van der Waals surface area contributed by atoms with Crippen LogP contribution in [-0.4, -0.2) is 34.5 Å². The van der Waals surface area contributed by atoms with E-state index in [1.54, 1.807) is 13.2 Å². The van der Waals surface area contributed by atoms with Gasteiger partial charge in [0.2, 0.25) is 0 Å². The number of aromatic nitrogens is 1. The summed E-state index contributed by atoms with van der Waals surface area (Å²) >= 11 is 0. The molecule has 4 fully saturated rings. The molecule has 0 bridgehead atoms. The summed E-state index contributed by atoms with van der Waals surface area (Å²) in [6.07, 6.45) is 9.78. The molecular weight excluding hydrogens is 478 g/mol. The highest BCUT2D eigenvalue weighted by Crippen LogP contribution is 2.68. The van der Waals surface area contributed by atoms with Crippen LogP contribution in [0.2, 0.25) is 0 Å². The van der Waals surface area contributed by atoms with Gasteiger partial charge in [0.25, 0.3) is 0 Å². The monoisotopic (exact) mass is 523 g/mol. The van der Waals surface area contributed by atoms with Crippen molar-refractivity contribution in [2.45, 2.75) is 97.2 Å². The number of nitrogens with zero attached hydrogens (tertiary/aromatic N) is 1. The quantitative estimate of drug-likeness (QED) is 0.518. The molecule has 10 atom stereocenters. The van der Waals surface area contributed by atoms with E-state index in [0.717, 1.165) is 32.1 Å². The number of fused-ring (bicyclic) bond motifs is 6. The minimum Gasteiger partial charge on any atom is -0.497 e. The van der Waals surface area contributed by atoms with Crippen LogP contribution in [0.5, 0.6) is 5.75 Å². The normalized spacial score (nSPS) is 41.3. The van der Waals surface area contributed by atoms with Crippen LogP contribution in [0.25, 0.3) is 10.9 Å². The zero-order valence-corrected chi connectivity index (χ0v) is 23.5. The summed E-state index contributed by atoms with van der Waals surface area (Å²) in [7, 11) is 1.58. The number of hydrogen-bond donors (Lipinski definition) is 2. The molecule has 0 saturated heterocycles. The maximum absolute atomic E-state index is 12.6. The summed E-state index contributed by atoms with van der Waals surface area (Å²) in [5.41, 5.74) is 0.810. The third-order valence-electron chi connectivity index (χ3n) is 12.1. The van der Waals surface area contributed by atoms with Crippen LogP contribution in [0.3, 0.4) is 0 Å². The topological polar surface area (TPSA) is 92.8 Å². The molecule has 38 heavy (non-hydrogen) atoms.